The molecule has 226 valence electrons. The molecule has 0 amide bonds. The van der Waals surface area contributed by atoms with Gasteiger partial charge in [-0.25, -0.2) is 4.79 Å². The fourth-order valence-corrected chi connectivity index (χ4v) is 5.21. The monoisotopic (exact) mass is 562 g/mol. The van der Waals surface area contributed by atoms with Crippen LogP contribution in [0.4, 0.5) is 0 Å². The van der Waals surface area contributed by atoms with Crippen molar-refractivity contribution < 1.29 is 39.5 Å². The van der Waals surface area contributed by atoms with Crippen LogP contribution in [0.5, 0.6) is 0 Å². The van der Waals surface area contributed by atoms with Gasteiger partial charge in [-0.1, -0.05) is 50.3 Å². The molecule has 2 rings (SSSR count). The van der Waals surface area contributed by atoms with Gasteiger partial charge in [-0.15, -0.1) is 0 Å². The van der Waals surface area contributed by atoms with Crippen LogP contribution in [0.25, 0.3) is 0 Å². The molecule has 0 radical (unpaired) electrons. The maximum atomic E-state index is 12.6. The Labute approximate surface area is 239 Å². The Morgan fingerprint density at radius 1 is 1.02 bits per heavy atom. The van der Waals surface area contributed by atoms with Crippen LogP contribution in [-0.4, -0.2) is 74.4 Å². The van der Waals surface area contributed by atoms with Crippen molar-refractivity contribution in [1.29, 1.82) is 0 Å². The molecule has 0 unspecified atom stereocenters. The Balaban J connectivity index is 2.15. The fourth-order valence-electron chi connectivity index (χ4n) is 5.21. The highest BCUT2D eigenvalue weighted by atomic mass is 16.6. The molecule has 4 N–H and O–H groups in total. The maximum Gasteiger partial charge on any atom is 0.333 e. The first kappa shape index (κ1) is 34.1. The van der Waals surface area contributed by atoms with Gasteiger partial charge >= 0.3 is 5.97 Å². The molecule has 0 aromatic carbocycles. The van der Waals surface area contributed by atoms with E-state index in [2.05, 4.69) is 25.7 Å². The molecule has 0 bridgehead atoms. The first-order chi connectivity index (χ1) is 18.6. The van der Waals surface area contributed by atoms with Crippen LogP contribution in [-0.2, 0) is 19.1 Å². The van der Waals surface area contributed by atoms with E-state index in [1.54, 1.807) is 34.6 Å². The van der Waals surface area contributed by atoms with Crippen molar-refractivity contribution in [2.75, 3.05) is 0 Å². The number of rotatable bonds is 0. The summed E-state index contributed by atoms with van der Waals surface area (Å²) < 4.78 is 11.3. The molecule has 0 aliphatic carbocycles. The summed E-state index contributed by atoms with van der Waals surface area (Å²) in [6.07, 6.45) is 5.95. The highest BCUT2D eigenvalue weighted by Gasteiger charge is 2.37. The molecule has 8 heteroatoms. The van der Waals surface area contributed by atoms with Gasteiger partial charge in [-0.2, -0.15) is 0 Å². The van der Waals surface area contributed by atoms with Crippen LogP contribution in [0.1, 0.15) is 86.5 Å². The second kappa shape index (κ2) is 15.2. The topological polar surface area (TPSA) is 137 Å². The van der Waals surface area contributed by atoms with Crippen molar-refractivity contribution >= 4 is 11.8 Å². The van der Waals surface area contributed by atoms with Crippen molar-refractivity contribution in [2.45, 2.75) is 129 Å². The minimum absolute atomic E-state index is 0.100. The number of hydrogen-bond acceptors (Lipinski definition) is 8. The lowest BCUT2D eigenvalue weighted by Gasteiger charge is -2.29. The van der Waals surface area contributed by atoms with E-state index >= 15 is 0 Å². The summed E-state index contributed by atoms with van der Waals surface area (Å²) in [6, 6.07) is 0. The van der Waals surface area contributed by atoms with E-state index in [-0.39, 0.29) is 25.0 Å². The molecule has 2 aliphatic rings. The Bertz CT molecular complexity index is 977. The molecule has 0 saturated carbocycles. The van der Waals surface area contributed by atoms with Crippen molar-refractivity contribution in [2.24, 2.45) is 11.8 Å². The van der Waals surface area contributed by atoms with Crippen LogP contribution in [0.15, 0.2) is 47.6 Å². The number of epoxide rings is 1. The number of fused-ring (bicyclic) bond motifs is 1. The van der Waals surface area contributed by atoms with Gasteiger partial charge in [0.2, 0.25) is 0 Å². The largest absolute Gasteiger partial charge is 0.459 e. The number of hydrogen-bond donors (Lipinski definition) is 4. The fraction of sp³-hybridized carbons (Fsp3) is 0.688. The Morgan fingerprint density at radius 2 is 1.70 bits per heavy atom. The van der Waals surface area contributed by atoms with Crippen LogP contribution >= 0.6 is 0 Å². The number of Topliss-reactive ketones (excluding diaryl/α,β-unsaturated/α-hetero) is 1. The molecular formula is C32H50O8. The third kappa shape index (κ3) is 11.1. The van der Waals surface area contributed by atoms with E-state index in [9.17, 15) is 30.0 Å². The molecule has 0 aromatic rings. The van der Waals surface area contributed by atoms with E-state index in [0.717, 1.165) is 24.8 Å². The summed E-state index contributed by atoms with van der Waals surface area (Å²) in [4.78, 5) is 25.1. The third-order valence-electron chi connectivity index (χ3n) is 7.89. The Hall–Kier alpha value is -2.10. The normalized spacial score (nSPS) is 42.0. The van der Waals surface area contributed by atoms with Crippen molar-refractivity contribution in [1.82, 2.24) is 0 Å². The smallest absolute Gasteiger partial charge is 0.333 e. The zero-order valence-electron chi connectivity index (χ0n) is 25.0. The van der Waals surface area contributed by atoms with Gasteiger partial charge in [-0.05, 0) is 77.2 Å². The van der Waals surface area contributed by atoms with E-state index in [0.29, 0.717) is 23.5 Å². The number of allylic oxidation sites excluding steroid dienone is 4. The zero-order valence-corrected chi connectivity index (χ0v) is 25.0. The average molecular weight is 563 g/mol. The van der Waals surface area contributed by atoms with Crippen molar-refractivity contribution in [3.8, 4) is 0 Å². The predicted molar refractivity (Wildman–Crippen MR) is 154 cm³/mol. The van der Waals surface area contributed by atoms with Gasteiger partial charge in [0, 0.05) is 18.4 Å². The average Bonchev–Trinajstić information content (AvgIpc) is 3.58. The first-order valence-corrected chi connectivity index (χ1v) is 14.5. The van der Waals surface area contributed by atoms with E-state index < -0.39 is 54.1 Å². The highest BCUT2D eigenvalue weighted by Crippen LogP contribution is 2.33. The molecule has 0 spiro atoms. The second-order valence-electron chi connectivity index (χ2n) is 12.2. The number of aliphatic hydroxyl groups excluding tert-OH is 3. The number of ether oxygens (including phenoxy) is 2. The summed E-state index contributed by atoms with van der Waals surface area (Å²) in [5.41, 5.74) is 0.569. The van der Waals surface area contributed by atoms with Gasteiger partial charge in [0.05, 0.1) is 30.0 Å². The van der Waals surface area contributed by atoms with Gasteiger partial charge in [0.15, 0.2) is 5.78 Å². The molecule has 1 fully saturated rings. The van der Waals surface area contributed by atoms with Crippen LogP contribution in [0.3, 0.4) is 0 Å². The summed E-state index contributed by atoms with van der Waals surface area (Å²) in [6.45, 7) is 14.7. The minimum atomic E-state index is -1.71. The molecule has 1 saturated heterocycles. The number of ketones is 1. The number of cyclic esters (lactones) is 1. The standard InChI is InChI=1S/C32H50O8/c1-19-13-20(2)15-28-27(40-28)12-10-8-9-11-21(3)31(37)39-24(6)16-22(4)29(35)30(36)26(34)17-25(33)18-32(7,38)23(5)14-19/h10-12,14,20,22,24-25,27-30,33,35-36,38H,1,8-9,13,15-18H2,2-7H3/b12-10+,21-11+,23-14+/t20-,22-,24+,25-,27+,28+,29+,30+,32-/m0/s1. The zero-order chi connectivity index (χ0) is 30.2. The number of carbonyl (C=O) groups is 2. The molecule has 0 aromatic heterocycles. The molecule has 2 aliphatic heterocycles. The lowest BCUT2D eigenvalue weighted by Crippen LogP contribution is -2.41. The van der Waals surface area contributed by atoms with Crippen LogP contribution < -0.4 is 0 Å². The lowest BCUT2D eigenvalue weighted by atomic mass is 9.85. The number of esters is 1. The van der Waals surface area contributed by atoms with Gasteiger partial charge in [0.1, 0.15) is 12.2 Å². The Kier molecular flexibility index (Phi) is 13.0. The molecule has 40 heavy (non-hydrogen) atoms. The van der Waals surface area contributed by atoms with Gasteiger partial charge in [0.25, 0.3) is 0 Å². The van der Waals surface area contributed by atoms with E-state index in [1.165, 1.54) is 0 Å². The Morgan fingerprint density at radius 3 is 2.38 bits per heavy atom. The summed E-state index contributed by atoms with van der Waals surface area (Å²) in [7, 11) is 0. The predicted octanol–water partition coefficient (Wildman–Crippen LogP) is 4.11. The summed E-state index contributed by atoms with van der Waals surface area (Å²) in [5, 5.41) is 42.6. The van der Waals surface area contributed by atoms with Gasteiger partial charge in [-0.3, -0.25) is 4.79 Å². The van der Waals surface area contributed by atoms with Gasteiger partial charge < -0.3 is 29.9 Å². The summed E-state index contributed by atoms with van der Waals surface area (Å²) in [5.74, 6) is -1.40. The quantitative estimate of drug-likeness (QED) is 0.197. The van der Waals surface area contributed by atoms with Crippen LogP contribution in [0.2, 0.25) is 0 Å². The maximum absolute atomic E-state index is 12.6. The summed E-state index contributed by atoms with van der Waals surface area (Å²) >= 11 is 0. The molecule has 2 heterocycles. The molecule has 9 atom stereocenters. The van der Waals surface area contributed by atoms with E-state index in [1.807, 2.05) is 12.2 Å². The van der Waals surface area contributed by atoms with E-state index in [4.69, 9.17) is 9.47 Å². The lowest BCUT2D eigenvalue weighted by molar-refractivity contribution is -0.146. The second-order valence-corrected chi connectivity index (χ2v) is 12.2. The van der Waals surface area contributed by atoms with Crippen molar-refractivity contribution in [3.05, 3.63) is 47.6 Å². The SMILES string of the molecule is C=C1/C=C(\C)[C@@](C)(O)C[C@@H](O)CC(=O)[C@@H](O)[C@H](O)[C@@H](C)C[C@@H](C)OC(=O)/C(C)=C/CC/C=C/[C@H]2O[C@@H]2C[C@@H](C)C1. The number of carbonyl (C=O) groups excluding carboxylic acids is 2. The molecule has 8 nitrogen and oxygen atoms in total. The third-order valence-corrected chi connectivity index (χ3v) is 7.89. The highest BCUT2D eigenvalue weighted by molar-refractivity contribution is 5.87. The van der Waals surface area contributed by atoms with Crippen LogP contribution in [0, 0.1) is 11.8 Å². The minimum Gasteiger partial charge on any atom is -0.459 e. The molecular weight excluding hydrogens is 512 g/mol. The number of aliphatic hydroxyl groups is 4. The van der Waals surface area contributed by atoms with Crippen molar-refractivity contribution in [3.63, 3.8) is 0 Å². The first-order valence-electron chi connectivity index (χ1n) is 14.5.